The predicted octanol–water partition coefficient (Wildman–Crippen LogP) is 3.05. The van der Waals surface area contributed by atoms with Crippen LogP contribution in [0.2, 0.25) is 0 Å². The van der Waals surface area contributed by atoms with E-state index in [1.54, 1.807) is 6.26 Å². The summed E-state index contributed by atoms with van der Waals surface area (Å²) in [4.78, 5) is 25.8. The molecule has 0 saturated heterocycles. The van der Waals surface area contributed by atoms with Gasteiger partial charge in [-0.1, -0.05) is 12.1 Å². The number of likely N-dealkylation sites (N-methyl/N-ethyl adjacent to an activating group) is 1. The van der Waals surface area contributed by atoms with Gasteiger partial charge in [0.2, 0.25) is 11.8 Å². The Morgan fingerprint density at radius 1 is 1.33 bits per heavy atom. The minimum atomic E-state index is 0.0406. The second-order valence-corrected chi connectivity index (χ2v) is 6.65. The van der Waals surface area contributed by atoms with E-state index in [-0.39, 0.29) is 11.8 Å². The molecule has 1 aromatic rings. The SMILES string of the molecule is CCN(CC1=CC=COC1)C(=O)CCCOc1cccc2c1CCC(=O)N2. The zero-order valence-electron chi connectivity index (χ0n) is 15.7. The molecule has 0 fully saturated rings. The second kappa shape index (κ2) is 9.26. The third-order valence-corrected chi connectivity index (χ3v) is 4.71. The van der Waals surface area contributed by atoms with Crippen LogP contribution in [0.4, 0.5) is 5.69 Å². The number of nitrogens with zero attached hydrogens (tertiary/aromatic N) is 1. The Morgan fingerprint density at radius 3 is 3.00 bits per heavy atom. The van der Waals surface area contributed by atoms with Gasteiger partial charge < -0.3 is 19.7 Å². The molecule has 6 heteroatoms. The van der Waals surface area contributed by atoms with E-state index in [4.69, 9.17) is 9.47 Å². The number of benzene rings is 1. The molecule has 0 bridgehead atoms. The summed E-state index contributed by atoms with van der Waals surface area (Å²) in [7, 11) is 0. The molecule has 2 aliphatic heterocycles. The normalized spacial score (nSPS) is 15.3. The highest BCUT2D eigenvalue weighted by atomic mass is 16.5. The number of anilines is 1. The topological polar surface area (TPSA) is 67.9 Å². The van der Waals surface area contributed by atoms with Crippen LogP contribution in [0.5, 0.6) is 5.75 Å². The van der Waals surface area contributed by atoms with Gasteiger partial charge in [0, 0.05) is 37.2 Å². The van der Waals surface area contributed by atoms with Gasteiger partial charge in [0.25, 0.3) is 0 Å². The summed E-state index contributed by atoms with van der Waals surface area (Å²) in [5.41, 5.74) is 2.96. The van der Waals surface area contributed by atoms with Crippen LogP contribution in [-0.2, 0) is 20.7 Å². The number of carbonyl (C=O) groups excluding carboxylic acids is 2. The third-order valence-electron chi connectivity index (χ3n) is 4.71. The van der Waals surface area contributed by atoms with Crippen LogP contribution in [0.15, 0.2) is 42.2 Å². The van der Waals surface area contributed by atoms with Gasteiger partial charge >= 0.3 is 0 Å². The molecule has 0 aliphatic carbocycles. The summed E-state index contributed by atoms with van der Waals surface area (Å²) in [6, 6.07) is 5.68. The fourth-order valence-electron chi connectivity index (χ4n) is 3.24. The molecule has 0 radical (unpaired) electrons. The molecule has 6 nitrogen and oxygen atoms in total. The van der Waals surface area contributed by atoms with E-state index in [2.05, 4.69) is 5.32 Å². The Bertz CT molecular complexity index is 755. The first-order chi connectivity index (χ1) is 13.2. The van der Waals surface area contributed by atoms with Gasteiger partial charge in [-0.05, 0) is 43.5 Å². The number of allylic oxidation sites excluding steroid dienone is 2. The lowest BCUT2D eigenvalue weighted by molar-refractivity contribution is -0.130. The number of carbonyl (C=O) groups is 2. The number of hydrogen-bond acceptors (Lipinski definition) is 4. The average molecular weight is 370 g/mol. The molecule has 2 amide bonds. The molecule has 2 heterocycles. The van der Waals surface area contributed by atoms with E-state index in [9.17, 15) is 9.59 Å². The third kappa shape index (κ3) is 5.12. The number of ether oxygens (including phenoxy) is 2. The van der Waals surface area contributed by atoms with E-state index >= 15 is 0 Å². The standard InChI is InChI=1S/C21H26N2O4/c1-2-23(14-16-6-4-12-26-15-16)21(25)9-5-13-27-19-8-3-7-18-17(19)10-11-20(24)22-18/h3-4,6-8,12H,2,5,9-11,13-15H2,1H3,(H,22,24). The average Bonchev–Trinajstić information content (AvgIpc) is 2.69. The Morgan fingerprint density at radius 2 is 2.22 bits per heavy atom. The molecule has 144 valence electrons. The van der Waals surface area contributed by atoms with Crippen molar-refractivity contribution in [3.63, 3.8) is 0 Å². The van der Waals surface area contributed by atoms with Crippen LogP contribution >= 0.6 is 0 Å². The summed E-state index contributed by atoms with van der Waals surface area (Å²) in [5, 5.41) is 2.87. The van der Waals surface area contributed by atoms with Gasteiger partial charge in [0.15, 0.2) is 0 Å². The number of hydrogen-bond donors (Lipinski definition) is 1. The minimum absolute atomic E-state index is 0.0406. The van der Waals surface area contributed by atoms with Gasteiger partial charge in [0.1, 0.15) is 12.4 Å². The number of rotatable bonds is 8. The van der Waals surface area contributed by atoms with E-state index < -0.39 is 0 Å². The number of amides is 2. The van der Waals surface area contributed by atoms with Gasteiger partial charge in [0.05, 0.1) is 12.9 Å². The summed E-state index contributed by atoms with van der Waals surface area (Å²) < 4.78 is 11.2. The van der Waals surface area contributed by atoms with Crippen LogP contribution < -0.4 is 10.1 Å². The Labute approximate surface area is 159 Å². The highest BCUT2D eigenvalue weighted by Gasteiger charge is 2.18. The molecular formula is C21H26N2O4. The maximum Gasteiger partial charge on any atom is 0.224 e. The van der Waals surface area contributed by atoms with Gasteiger partial charge in [-0.25, -0.2) is 0 Å². The van der Waals surface area contributed by atoms with Crippen molar-refractivity contribution in [2.75, 3.05) is 31.6 Å². The molecule has 2 aliphatic rings. The predicted molar refractivity (Wildman–Crippen MR) is 104 cm³/mol. The van der Waals surface area contributed by atoms with E-state index in [0.717, 1.165) is 22.6 Å². The van der Waals surface area contributed by atoms with E-state index in [1.807, 2.05) is 42.2 Å². The summed E-state index contributed by atoms with van der Waals surface area (Å²) in [5.74, 6) is 0.960. The lowest BCUT2D eigenvalue weighted by atomic mass is 10.0. The lowest BCUT2D eigenvalue weighted by Crippen LogP contribution is -2.33. The molecule has 0 spiro atoms. The lowest BCUT2D eigenvalue weighted by Gasteiger charge is -2.23. The fraction of sp³-hybridized carbons (Fsp3) is 0.429. The fourth-order valence-corrected chi connectivity index (χ4v) is 3.24. The molecule has 0 saturated carbocycles. The van der Waals surface area contributed by atoms with Crippen LogP contribution in [0, 0.1) is 0 Å². The van der Waals surface area contributed by atoms with Crippen molar-refractivity contribution in [3.05, 3.63) is 47.7 Å². The van der Waals surface area contributed by atoms with Crippen molar-refractivity contribution in [1.29, 1.82) is 0 Å². The quantitative estimate of drug-likeness (QED) is 0.714. The van der Waals surface area contributed by atoms with Gasteiger partial charge in [-0.2, -0.15) is 0 Å². The molecular weight excluding hydrogens is 344 g/mol. The summed E-state index contributed by atoms with van der Waals surface area (Å²) in [6.07, 6.45) is 7.78. The second-order valence-electron chi connectivity index (χ2n) is 6.65. The zero-order valence-corrected chi connectivity index (χ0v) is 15.7. The Balaban J connectivity index is 1.46. The van der Waals surface area contributed by atoms with Crippen molar-refractivity contribution in [3.8, 4) is 5.75 Å². The van der Waals surface area contributed by atoms with Crippen LogP contribution in [0.1, 0.15) is 31.7 Å². The summed E-state index contributed by atoms with van der Waals surface area (Å²) >= 11 is 0. The Hall–Kier alpha value is -2.76. The van der Waals surface area contributed by atoms with Crippen molar-refractivity contribution < 1.29 is 19.1 Å². The van der Waals surface area contributed by atoms with Gasteiger partial charge in [-0.15, -0.1) is 0 Å². The number of fused-ring (bicyclic) bond motifs is 1. The van der Waals surface area contributed by atoms with E-state index in [0.29, 0.717) is 52.0 Å². The molecule has 1 aromatic carbocycles. The molecule has 1 N–H and O–H groups in total. The van der Waals surface area contributed by atoms with Crippen molar-refractivity contribution >= 4 is 17.5 Å². The molecule has 0 aromatic heterocycles. The van der Waals surface area contributed by atoms with Crippen molar-refractivity contribution in [1.82, 2.24) is 4.90 Å². The molecule has 0 atom stereocenters. The van der Waals surface area contributed by atoms with Crippen molar-refractivity contribution in [2.45, 2.75) is 32.6 Å². The first-order valence-electron chi connectivity index (χ1n) is 9.46. The highest BCUT2D eigenvalue weighted by Crippen LogP contribution is 2.31. The summed E-state index contributed by atoms with van der Waals surface area (Å²) in [6.45, 7) is 4.28. The zero-order chi connectivity index (χ0) is 19.1. The van der Waals surface area contributed by atoms with Crippen LogP contribution in [0.25, 0.3) is 0 Å². The highest BCUT2D eigenvalue weighted by molar-refractivity contribution is 5.94. The minimum Gasteiger partial charge on any atom is -0.497 e. The van der Waals surface area contributed by atoms with Crippen molar-refractivity contribution in [2.24, 2.45) is 0 Å². The molecule has 27 heavy (non-hydrogen) atoms. The van der Waals surface area contributed by atoms with Crippen LogP contribution in [-0.4, -0.2) is 43.0 Å². The molecule has 3 rings (SSSR count). The van der Waals surface area contributed by atoms with E-state index in [1.165, 1.54) is 0 Å². The first-order valence-corrected chi connectivity index (χ1v) is 9.46. The smallest absolute Gasteiger partial charge is 0.224 e. The maximum absolute atomic E-state index is 12.5. The largest absolute Gasteiger partial charge is 0.497 e. The Kier molecular flexibility index (Phi) is 6.52. The number of nitrogens with one attached hydrogen (secondary N) is 1. The molecule has 0 unspecified atom stereocenters. The van der Waals surface area contributed by atoms with Crippen LogP contribution in [0.3, 0.4) is 0 Å². The first kappa shape index (κ1) is 19.0. The monoisotopic (exact) mass is 370 g/mol. The maximum atomic E-state index is 12.5. The van der Waals surface area contributed by atoms with Gasteiger partial charge in [-0.3, -0.25) is 9.59 Å².